The van der Waals surface area contributed by atoms with Gasteiger partial charge in [0, 0.05) is 6.04 Å². The van der Waals surface area contributed by atoms with Crippen LogP contribution in [0.2, 0.25) is 0 Å². The molecule has 6 atom stereocenters. The van der Waals surface area contributed by atoms with Crippen LogP contribution in [0.4, 0.5) is 11.8 Å². The SMILES string of the molecule is CCOC(=O)[C@@H](NP(=O)(N[C@H](C(=O)OCC)C(C)C)OC[C@H]1O[C@@H](n2cnc3c(NC4CC4)nc(N)nc32)C(C)(O)C1O)C(C)C. The minimum atomic E-state index is -4.29. The fourth-order valence-corrected chi connectivity index (χ4v) is 7.19. The molecule has 46 heavy (non-hydrogen) atoms. The number of ether oxygens (including phenoxy) is 3. The standard InChI is InChI=1S/C28H47N8O9P/c1-8-42-24(38)18(14(3)4)34-46(41,35-19(15(5)6)25(39)43-9-2)44-12-17-21(37)28(7,40)26(45-17)36-13-30-20-22(31-16-10-11-16)32-27(29)33-23(20)36/h13-19,21,26,37,40H,8-12H2,1-7H3,(H2,34,35,41)(H3,29,31,32,33)/t17-,18+,19+,21?,26-,28?/m1/s1. The highest BCUT2D eigenvalue weighted by atomic mass is 31.2. The Hall–Kier alpha value is -2.92. The lowest BCUT2D eigenvalue weighted by Crippen LogP contribution is -2.49. The van der Waals surface area contributed by atoms with Gasteiger partial charge in [-0.2, -0.15) is 9.97 Å². The predicted octanol–water partition coefficient (Wildman–Crippen LogP) is 1.47. The summed E-state index contributed by atoms with van der Waals surface area (Å²) in [6, 6.07) is -1.91. The fraction of sp³-hybridized carbons (Fsp3) is 0.750. The average molecular weight is 671 g/mol. The van der Waals surface area contributed by atoms with E-state index < -0.39 is 62.3 Å². The van der Waals surface area contributed by atoms with Crippen molar-refractivity contribution >= 4 is 42.5 Å². The summed E-state index contributed by atoms with van der Waals surface area (Å²) in [6.45, 7) is 11.3. The van der Waals surface area contributed by atoms with E-state index in [0.717, 1.165) is 12.8 Å². The molecule has 0 aromatic carbocycles. The average Bonchev–Trinajstić information content (AvgIpc) is 3.65. The predicted molar refractivity (Wildman–Crippen MR) is 167 cm³/mol. The molecule has 0 amide bonds. The number of hydrogen-bond donors (Lipinski definition) is 6. The molecule has 258 valence electrons. The lowest BCUT2D eigenvalue weighted by molar-refractivity contribution is -0.146. The maximum Gasteiger partial charge on any atom is 0.342 e. The van der Waals surface area contributed by atoms with Crippen molar-refractivity contribution < 1.29 is 43.1 Å². The number of aliphatic hydroxyl groups excluding tert-OH is 1. The number of carbonyl (C=O) groups is 2. The zero-order valence-corrected chi connectivity index (χ0v) is 28.2. The monoisotopic (exact) mass is 670 g/mol. The van der Waals surface area contributed by atoms with E-state index in [2.05, 4.69) is 30.4 Å². The van der Waals surface area contributed by atoms with Crippen molar-refractivity contribution in [3.8, 4) is 0 Å². The fourth-order valence-electron chi connectivity index (χ4n) is 5.07. The molecule has 2 aliphatic rings. The van der Waals surface area contributed by atoms with E-state index in [4.69, 9.17) is 24.5 Å². The van der Waals surface area contributed by atoms with Gasteiger partial charge in [0.05, 0.1) is 26.1 Å². The second-order valence-corrected chi connectivity index (χ2v) is 14.3. The van der Waals surface area contributed by atoms with Crippen molar-refractivity contribution in [1.29, 1.82) is 0 Å². The molecule has 1 saturated carbocycles. The van der Waals surface area contributed by atoms with E-state index in [0.29, 0.717) is 11.3 Å². The maximum atomic E-state index is 14.4. The Balaban J connectivity index is 1.61. The van der Waals surface area contributed by atoms with Crippen LogP contribution in [0.3, 0.4) is 0 Å². The molecule has 0 radical (unpaired) electrons. The molecule has 2 aromatic rings. The summed E-state index contributed by atoms with van der Waals surface area (Å²) in [5.74, 6) is -1.67. The third kappa shape index (κ3) is 7.95. The molecule has 0 bridgehead atoms. The van der Waals surface area contributed by atoms with Crippen molar-refractivity contribution in [3.05, 3.63) is 6.33 Å². The number of hydrogen-bond acceptors (Lipinski definition) is 14. The van der Waals surface area contributed by atoms with Gasteiger partial charge >= 0.3 is 19.6 Å². The molecule has 1 aliphatic carbocycles. The van der Waals surface area contributed by atoms with Gasteiger partial charge in [0.25, 0.3) is 0 Å². The Kier molecular flexibility index (Phi) is 11.3. The molecule has 0 spiro atoms. The summed E-state index contributed by atoms with van der Waals surface area (Å²) in [5, 5.41) is 31.4. The van der Waals surface area contributed by atoms with Crippen molar-refractivity contribution in [2.24, 2.45) is 11.8 Å². The number of imidazole rings is 1. The van der Waals surface area contributed by atoms with Crippen molar-refractivity contribution in [2.45, 2.75) is 103 Å². The normalized spacial score (nSPS) is 24.8. The van der Waals surface area contributed by atoms with Crippen LogP contribution in [0.15, 0.2) is 6.33 Å². The highest BCUT2D eigenvalue weighted by Gasteiger charge is 2.54. The summed E-state index contributed by atoms with van der Waals surface area (Å²) in [6.07, 6.45) is -0.594. The lowest BCUT2D eigenvalue weighted by Gasteiger charge is -2.31. The minimum absolute atomic E-state index is 0.0174. The van der Waals surface area contributed by atoms with Crippen LogP contribution in [-0.4, -0.2) is 97.4 Å². The number of nitrogens with two attached hydrogens (primary N) is 1. The molecule has 2 unspecified atom stereocenters. The van der Waals surface area contributed by atoms with E-state index in [1.807, 2.05) is 0 Å². The third-order valence-corrected chi connectivity index (χ3v) is 9.57. The Morgan fingerprint density at radius 2 is 1.67 bits per heavy atom. The van der Waals surface area contributed by atoms with Gasteiger partial charge in [-0.25, -0.2) is 15.2 Å². The molecule has 4 rings (SSSR count). The summed E-state index contributed by atoms with van der Waals surface area (Å²) in [4.78, 5) is 38.6. The van der Waals surface area contributed by atoms with Gasteiger partial charge in [-0.05, 0) is 45.4 Å². The first-order chi connectivity index (χ1) is 21.6. The molecule has 7 N–H and O–H groups in total. The van der Waals surface area contributed by atoms with Crippen LogP contribution in [0.5, 0.6) is 0 Å². The van der Waals surface area contributed by atoms with Gasteiger partial charge in [0.2, 0.25) is 5.95 Å². The molecule has 18 heteroatoms. The van der Waals surface area contributed by atoms with Gasteiger partial charge in [0.1, 0.15) is 29.9 Å². The molecule has 3 heterocycles. The number of fused-ring (bicyclic) bond motifs is 1. The Morgan fingerprint density at radius 3 is 2.17 bits per heavy atom. The van der Waals surface area contributed by atoms with Gasteiger partial charge in [-0.3, -0.25) is 18.7 Å². The zero-order valence-electron chi connectivity index (χ0n) is 27.3. The smallest absolute Gasteiger partial charge is 0.342 e. The molecule has 2 fully saturated rings. The number of nitrogen functional groups attached to an aromatic ring is 1. The number of anilines is 2. The molecule has 2 aromatic heterocycles. The maximum absolute atomic E-state index is 14.4. The molecular formula is C28H47N8O9P. The zero-order chi connectivity index (χ0) is 34.0. The van der Waals surface area contributed by atoms with E-state index in [-0.39, 0.29) is 42.7 Å². The van der Waals surface area contributed by atoms with E-state index in [9.17, 15) is 24.4 Å². The van der Waals surface area contributed by atoms with E-state index in [1.54, 1.807) is 41.5 Å². The van der Waals surface area contributed by atoms with Gasteiger partial charge < -0.3 is 40.0 Å². The first-order valence-electron chi connectivity index (χ1n) is 15.6. The van der Waals surface area contributed by atoms with Crippen LogP contribution in [-0.2, 0) is 32.9 Å². The summed E-state index contributed by atoms with van der Waals surface area (Å²) < 4.78 is 38.2. The van der Waals surface area contributed by atoms with Crippen LogP contribution in [0.25, 0.3) is 11.2 Å². The third-order valence-electron chi connectivity index (χ3n) is 7.82. The lowest BCUT2D eigenvalue weighted by atomic mass is 9.96. The quantitative estimate of drug-likeness (QED) is 0.110. The number of aliphatic hydroxyl groups is 2. The number of nitrogens with zero attached hydrogens (tertiary/aromatic N) is 4. The van der Waals surface area contributed by atoms with Crippen molar-refractivity contribution in [1.82, 2.24) is 29.7 Å². The van der Waals surface area contributed by atoms with E-state index in [1.165, 1.54) is 17.8 Å². The van der Waals surface area contributed by atoms with Crippen LogP contribution >= 0.6 is 7.67 Å². The summed E-state index contributed by atoms with van der Waals surface area (Å²) in [7, 11) is -4.29. The van der Waals surface area contributed by atoms with Gasteiger partial charge in [0.15, 0.2) is 23.2 Å². The summed E-state index contributed by atoms with van der Waals surface area (Å²) >= 11 is 0. The largest absolute Gasteiger partial charge is 0.465 e. The van der Waals surface area contributed by atoms with Crippen LogP contribution < -0.4 is 21.2 Å². The minimum Gasteiger partial charge on any atom is -0.465 e. The second kappa shape index (κ2) is 14.5. The number of esters is 2. The number of rotatable bonds is 16. The molecule has 17 nitrogen and oxygen atoms in total. The number of nitrogens with one attached hydrogen (secondary N) is 3. The Bertz CT molecular complexity index is 1400. The number of carbonyl (C=O) groups excluding carboxylic acids is 2. The van der Waals surface area contributed by atoms with Crippen molar-refractivity contribution in [3.63, 3.8) is 0 Å². The first-order valence-corrected chi connectivity index (χ1v) is 17.2. The molecule has 1 aliphatic heterocycles. The molecule has 1 saturated heterocycles. The Morgan fingerprint density at radius 1 is 1.11 bits per heavy atom. The highest BCUT2D eigenvalue weighted by Crippen LogP contribution is 2.45. The van der Waals surface area contributed by atoms with Crippen LogP contribution in [0.1, 0.15) is 67.5 Å². The Labute approximate surface area is 267 Å². The summed E-state index contributed by atoms with van der Waals surface area (Å²) in [5.41, 5.74) is 4.76. The highest BCUT2D eigenvalue weighted by molar-refractivity contribution is 7.54. The van der Waals surface area contributed by atoms with Crippen molar-refractivity contribution in [2.75, 3.05) is 30.9 Å². The van der Waals surface area contributed by atoms with E-state index >= 15 is 0 Å². The van der Waals surface area contributed by atoms with Crippen LogP contribution in [0, 0.1) is 11.8 Å². The topological polar surface area (TPSA) is 234 Å². The first kappa shape index (κ1) is 35.9. The second-order valence-electron chi connectivity index (χ2n) is 12.4. The van der Waals surface area contributed by atoms with Gasteiger partial charge in [-0.15, -0.1) is 0 Å². The van der Waals surface area contributed by atoms with Gasteiger partial charge in [-0.1, -0.05) is 27.7 Å². The molecular weight excluding hydrogens is 623 g/mol. The number of aromatic nitrogens is 4.